The summed E-state index contributed by atoms with van der Waals surface area (Å²) in [6, 6.07) is 4.08. The van der Waals surface area contributed by atoms with Crippen molar-refractivity contribution in [3.05, 3.63) is 34.3 Å². The van der Waals surface area contributed by atoms with Crippen LogP contribution >= 0.6 is 11.3 Å². The highest BCUT2D eigenvalue weighted by Crippen LogP contribution is 2.28. The molecular weight excluding hydrogens is 434 g/mol. The van der Waals surface area contributed by atoms with Crippen LogP contribution in [0.3, 0.4) is 0 Å². The summed E-state index contributed by atoms with van der Waals surface area (Å²) in [6.45, 7) is 2.73. The normalized spacial score (nSPS) is 14.9. The highest BCUT2D eigenvalue weighted by atomic mass is 32.2. The van der Waals surface area contributed by atoms with Gasteiger partial charge in [0.2, 0.25) is 10.0 Å². The molecule has 0 radical (unpaired) electrons. The molecule has 0 atom stereocenters. The number of nitrogens with zero attached hydrogens (tertiary/aromatic N) is 2. The summed E-state index contributed by atoms with van der Waals surface area (Å²) in [5.41, 5.74) is 0.442. The Kier molecular flexibility index (Phi) is 6.71. The highest BCUT2D eigenvalue weighted by Gasteiger charge is 2.28. The molecule has 1 aromatic carbocycles. The van der Waals surface area contributed by atoms with E-state index in [1.165, 1.54) is 36.7 Å². The molecule has 0 aliphatic carbocycles. The number of nitrogens with one attached hydrogen (secondary N) is 1. The lowest BCUT2D eigenvalue weighted by Gasteiger charge is -2.26. The average Bonchev–Trinajstić information content (AvgIpc) is 3.13. The number of morpholine rings is 1. The third-order valence-electron chi connectivity index (χ3n) is 4.41. The second kappa shape index (κ2) is 9.08. The van der Waals surface area contributed by atoms with Gasteiger partial charge in [-0.05, 0) is 25.1 Å². The second-order valence-electron chi connectivity index (χ2n) is 6.26. The van der Waals surface area contributed by atoms with Gasteiger partial charge in [-0.3, -0.25) is 10.1 Å². The lowest BCUT2D eigenvalue weighted by molar-refractivity contribution is 0.0605. The van der Waals surface area contributed by atoms with Gasteiger partial charge in [-0.1, -0.05) is 11.3 Å². The quantitative estimate of drug-likeness (QED) is 0.650. The molecule has 1 fully saturated rings. The van der Waals surface area contributed by atoms with Crippen molar-refractivity contribution < 1.29 is 32.2 Å². The number of anilines is 1. The monoisotopic (exact) mass is 455 g/mol. The summed E-state index contributed by atoms with van der Waals surface area (Å²) in [5, 5.41) is 2.77. The van der Waals surface area contributed by atoms with Crippen molar-refractivity contribution in [1.82, 2.24) is 9.29 Å². The number of hydrogen-bond donors (Lipinski definition) is 1. The van der Waals surface area contributed by atoms with E-state index in [-0.39, 0.29) is 39.3 Å². The molecule has 30 heavy (non-hydrogen) atoms. The minimum absolute atomic E-state index is 0.0269. The summed E-state index contributed by atoms with van der Waals surface area (Å²) in [6.07, 6.45) is 0. The third-order valence-corrected chi connectivity index (χ3v) is 7.36. The number of rotatable bonds is 6. The van der Waals surface area contributed by atoms with Gasteiger partial charge >= 0.3 is 5.97 Å². The minimum atomic E-state index is -3.79. The smallest absolute Gasteiger partial charge is 0.350 e. The molecule has 0 unspecified atom stereocenters. The Morgan fingerprint density at radius 2 is 1.93 bits per heavy atom. The van der Waals surface area contributed by atoms with Crippen LogP contribution in [0.2, 0.25) is 0 Å². The van der Waals surface area contributed by atoms with Crippen molar-refractivity contribution in [2.45, 2.75) is 11.8 Å². The SMILES string of the molecule is COC(=O)c1sc(NC(=O)c2cc(S(=O)(=O)N3CCOCC3)ccc2OC)nc1C. The number of thiazole rings is 1. The largest absolute Gasteiger partial charge is 0.496 e. The number of methoxy groups -OCH3 is 2. The third kappa shape index (κ3) is 4.46. The van der Waals surface area contributed by atoms with Gasteiger partial charge in [-0.15, -0.1) is 0 Å². The molecule has 162 valence electrons. The number of hydrogen-bond acceptors (Lipinski definition) is 9. The first-order chi connectivity index (χ1) is 14.3. The molecule has 1 aliphatic rings. The van der Waals surface area contributed by atoms with Crippen LogP contribution < -0.4 is 10.1 Å². The molecule has 2 aromatic rings. The van der Waals surface area contributed by atoms with E-state index in [1.807, 2.05) is 0 Å². The van der Waals surface area contributed by atoms with E-state index in [4.69, 9.17) is 9.47 Å². The Labute approximate surface area is 177 Å². The zero-order chi connectivity index (χ0) is 21.9. The minimum Gasteiger partial charge on any atom is -0.496 e. The summed E-state index contributed by atoms with van der Waals surface area (Å²) < 4.78 is 42.2. The van der Waals surface area contributed by atoms with Crippen LogP contribution in [0.5, 0.6) is 5.75 Å². The summed E-state index contributed by atoms with van der Waals surface area (Å²) in [5.74, 6) is -0.965. The number of carbonyl (C=O) groups excluding carboxylic acids is 2. The highest BCUT2D eigenvalue weighted by molar-refractivity contribution is 7.89. The van der Waals surface area contributed by atoms with Crippen molar-refractivity contribution in [3.63, 3.8) is 0 Å². The summed E-state index contributed by atoms with van der Waals surface area (Å²) in [7, 11) is -1.15. The van der Waals surface area contributed by atoms with E-state index in [0.29, 0.717) is 18.9 Å². The Morgan fingerprint density at radius 3 is 2.57 bits per heavy atom. The Bertz CT molecular complexity index is 1060. The van der Waals surface area contributed by atoms with Gasteiger partial charge in [0, 0.05) is 13.1 Å². The zero-order valence-electron chi connectivity index (χ0n) is 16.6. The van der Waals surface area contributed by atoms with E-state index in [2.05, 4.69) is 15.0 Å². The topological polar surface area (TPSA) is 124 Å². The molecule has 1 N–H and O–H groups in total. The van der Waals surface area contributed by atoms with Gasteiger partial charge in [0.1, 0.15) is 10.6 Å². The van der Waals surface area contributed by atoms with Crippen molar-refractivity contribution in [1.29, 1.82) is 0 Å². The molecule has 1 aromatic heterocycles. The maximum Gasteiger partial charge on any atom is 0.350 e. The lowest BCUT2D eigenvalue weighted by atomic mass is 10.2. The van der Waals surface area contributed by atoms with Gasteiger partial charge < -0.3 is 14.2 Å². The first kappa shape index (κ1) is 22.2. The predicted octanol–water partition coefficient (Wildman–Crippen LogP) is 1.52. The number of aromatic nitrogens is 1. The molecule has 1 saturated heterocycles. The number of esters is 1. The van der Waals surface area contributed by atoms with Crippen LogP contribution in [0, 0.1) is 6.92 Å². The second-order valence-corrected chi connectivity index (χ2v) is 9.19. The maximum absolute atomic E-state index is 12.9. The molecule has 10 nitrogen and oxygen atoms in total. The molecular formula is C18H21N3O7S2. The Hall–Kier alpha value is -2.54. The maximum atomic E-state index is 12.9. The van der Waals surface area contributed by atoms with Crippen molar-refractivity contribution >= 4 is 38.4 Å². The van der Waals surface area contributed by atoms with Crippen LogP contribution in [-0.2, 0) is 19.5 Å². The van der Waals surface area contributed by atoms with Crippen molar-refractivity contribution in [3.8, 4) is 5.75 Å². The van der Waals surface area contributed by atoms with E-state index >= 15 is 0 Å². The lowest BCUT2D eigenvalue weighted by Crippen LogP contribution is -2.40. The first-order valence-corrected chi connectivity index (χ1v) is 11.2. The number of ether oxygens (including phenoxy) is 3. The van der Waals surface area contributed by atoms with E-state index in [0.717, 1.165) is 11.3 Å². The molecule has 0 saturated carbocycles. The first-order valence-electron chi connectivity index (χ1n) is 8.91. The van der Waals surface area contributed by atoms with Gasteiger partial charge in [0.05, 0.1) is 43.6 Å². The number of sulfonamides is 1. The fraction of sp³-hybridized carbons (Fsp3) is 0.389. The molecule has 0 spiro atoms. The molecule has 1 amide bonds. The van der Waals surface area contributed by atoms with Gasteiger partial charge in [0.15, 0.2) is 5.13 Å². The number of amides is 1. The van der Waals surface area contributed by atoms with E-state index in [1.54, 1.807) is 6.92 Å². The fourth-order valence-corrected chi connectivity index (χ4v) is 5.17. The molecule has 0 bridgehead atoms. The van der Waals surface area contributed by atoms with Crippen LogP contribution in [0.15, 0.2) is 23.1 Å². The van der Waals surface area contributed by atoms with Crippen LogP contribution in [0.1, 0.15) is 25.7 Å². The van der Waals surface area contributed by atoms with E-state index < -0.39 is 21.9 Å². The molecule has 2 heterocycles. The van der Waals surface area contributed by atoms with Crippen LogP contribution in [0.25, 0.3) is 0 Å². The van der Waals surface area contributed by atoms with Crippen molar-refractivity contribution in [2.75, 3.05) is 45.8 Å². The average molecular weight is 456 g/mol. The summed E-state index contributed by atoms with van der Waals surface area (Å²) in [4.78, 5) is 29.0. The standard InChI is InChI=1S/C18H21N3O7S2/c1-11-15(17(23)27-3)29-18(19-11)20-16(22)13-10-12(4-5-14(13)26-2)30(24,25)21-6-8-28-9-7-21/h4-5,10H,6-9H2,1-3H3,(H,19,20,22). The Balaban J connectivity index is 1.90. The molecule has 1 aliphatic heterocycles. The summed E-state index contributed by atoms with van der Waals surface area (Å²) >= 11 is 0.962. The van der Waals surface area contributed by atoms with Crippen molar-refractivity contribution in [2.24, 2.45) is 0 Å². The molecule has 3 rings (SSSR count). The predicted molar refractivity (Wildman–Crippen MR) is 109 cm³/mol. The number of benzene rings is 1. The van der Waals surface area contributed by atoms with Gasteiger partial charge in [0.25, 0.3) is 5.91 Å². The molecule has 12 heteroatoms. The fourth-order valence-electron chi connectivity index (χ4n) is 2.86. The van der Waals surface area contributed by atoms with E-state index in [9.17, 15) is 18.0 Å². The Morgan fingerprint density at radius 1 is 1.23 bits per heavy atom. The number of aryl methyl sites for hydroxylation is 1. The van der Waals surface area contributed by atoms with Crippen LogP contribution in [-0.4, -0.2) is 70.1 Å². The zero-order valence-corrected chi connectivity index (χ0v) is 18.3. The van der Waals surface area contributed by atoms with Gasteiger partial charge in [-0.25, -0.2) is 18.2 Å². The number of carbonyl (C=O) groups is 2. The van der Waals surface area contributed by atoms with Gasteiger partial charge in [-0.2, -0.15) is 4.31 Å². The van der Waals surface area contributed by atoms with Crippen LogP contribution in [0.4, 0.5) is 5.13 Å².